The van der Waals surface area contributed by atoms with Crippen LogP contribution in [0.4, 0.5) is 17.1 Å². The summed E-state index contributed by atoms with van der Waals surface area (Å²) < 4.78 is 8.72. The molecule has 0 unspecified atom stereocenters. The van der Waals surface area contributed by atoms with Gasteiger partial charge in [0, 0.05) is 37.6 Å². The standard InChI is InChI=1S/C55H35NOS/c1-3-14-38(15-4-1)55(39-16-5-2-6-17-39)48-22-10-7-18-42(48)46-35-41(31-32-49(46)55)56(50-23-13-21-45-44-20-9-12-25-53(44)58-54(45)50)40-29-26-36(27-30-40)37-28-33-52-47(34-37)43-19-8-11-24-51(43)57-52/h1-35H. The zero-order chi connectivity index (χ0) is 38.2. The fourth-order valence-corrected chi connectivity index (χ4v) is 10.8. The first-order valence-corrected chi connectivity index (χ1v) is 20.6. The second-order valence-corrected chi connectivity index (χ2v) is 16.3. The maximum Gasteiger partial charge on any atom is 0.135 e. The van der Waals surface area contributed by atoms with Crippen molar-refractivity contribution in [2.45, 2.75) is 5.41 Å². The molecule has 0 saturated heterocycles. The summed E-state index contributed by atoms with van der Waals surface area (Å²) in [5.74, 6) is 0. The van der Waals surface area contributed by atoms with Gasteiger partial charge in [0.2, 0.25) is 0 Å². The third kappa shape index (κ3) is 4.84. The normalized spacial score (nSPS) is 13.0. The van der Waals surface area contributed by atoms with Gasteiger partial charge in [-0.25, -0.2) is 0 Å². The molecule has 0 radical (unpaired) electrons. The summed E-state index contributed by atoms with van der Waals surface area (Å²) in [6.45, 7) is 0. The van der Waals surface area contributed by atoms with Gasteiger partial charge in [-0.1, -0.05) is 158 Å². The van der Waals surface area contributed by atoms with Gasteiger partial charge in [0.25, 0.3) is 0 Å². The second-order valence-electron chi connectivity index (χ2n) is 15.2. The smallest absolute Gasteiger partial charge is 0.135 e. The number of rotatable bonds is 6. The first-order valence-electron chi connectivity index (χ1n) is 19.8. The molecule has 12 rings (SSSR count). The zero-order valence-electron chi connectivity index (χ0n) is 31.5. The molecule has 0 bridgehead atoms. The van der Waals surface area contributed by atoms with Crippen LogP contribution in [-0.4, -0.2) is 0 Å². The van der Waals surface area contributed by atoms with Crippen LogP contribution < -0.4 is 4.90 Å². The first-order chi connectivity index (χ1) is 28.8. The minimum Gasteiger partial charge on any atom is -0.456 e. The van der Waals surface area contributed by atoms with E-state index in [4.69, 9.17) is 4.42 Å². The number of benzene rings is 9. The maximum atomic E-state index is 6.16. The van der Waals surface area contributed by atoms with Gasteiger partial charge in [0.15, 0.2) is 0 Å². The average molecular weight is 758 g/mol. The molecule has 2 nitrogen and oxygen atoms in total. The van der Waals surface area contributed by atoms with Gasteiger partial charge in [-0.2, -0.15) is 0 Å². The van der Waals surface area contributed by atoms with Crippen molar-refractivity contribution in [3.63, 3.8) is 0 Å². The summed E-state index contributed by atoms with van der Waals surface area (Å²) in [4.78, 5) is 2.46. The van der Waals surface area contributed by atoms with Crippen LogP contribution in [-0.2, 0) is 5.41 Å². The minimum atomic E-state index is -0.452. The highest BCUT2D eigenvalue weighted by Crippen LogP contribution is 2.57. The van der Waals surface area contributed by atoms with Crippen LogP contribution in [0.5, 0.6) is 0 Å². The van der Waals surface area contributed by atoms with E-state index in [1.165, 1.54) is 59.2 Å². The van der Waals surface area contributed by atoms with E-state index < -0.39 is 5.41 Å². The zero-order valence-corrected chi connectivity index (χ0v) is 32.3. The molecule has 0 amide bonds. The van der Waals surface area contributed by atoms with Crippen LogP contribution >= 0.6 is 11.3 Å². The number of fused-ring (bicyclic) bond motifs is 9. The molecule has 58 heavy (non-hydrogen) atoms. The number of nitrogens with zero attached hydrogens (tertiary/aromatic N) is 1. The minimum absolute atomic E-state index is 0.452. The van der Waals surface area contributed by atoms with Crippen LogP contribution in [0.25, 0.3) is 64.4 Å². The predicted octanol–water partition coefficient (Wildman–Crippen LogP) is 15.5. The highest BCUT2D eigenvalue weighted by atomic mass is 32.1. The van der Waals surface area contributed by atoms with E-state index in [1.54, 1.807) is 0 Å². The molecule has 0 fully saturated rings. The third-order valence-corrected chi connectivity index (χ3v) is 13.4. The van der Waals surface area contributed by atoms with Crippen LogP contribution in [0.2, 0.25) is 0 Å². The summed E-state index contributed by atoms with van der Waals surface area (Å²) in [6.07, 6.45) is 0. The molecular weight excluding hydrogens is 723 g/mol. The van der Waals surface area contributed by atoms with Crippen molar-refractivity contribution in [2.24, 2.45) is 0 Å². The Bertz CT molecular complexity index is 3300. The Balaban J connectivity index is 1.07. The molecule has 0 aliphatic heterocycles. The van der Waals surface area contributed by atoms with Crippen molar-refractivity contribution in [1.82, 2.24) is 0 Å². The van der Waals surface area contributed by atoms with Gasteiger partial charge in [-0.3, -0.25) is 0 Å². The van der Waals surface area contributed by atoms with Crippen molar-refractivity contribution >= 4 is 70.5 Å². The Labute approximate surface area is 340 Å². The van der Waals surface area contributed by atoms with Gasteiger partial charge in [-0.15, -0.1) is 11.3 Å². The summed E-state index contributed by atoms with van der Waals surface area (Å²) in [6, 6.07) is 77.6. The lowest BCUT2D eigenvalue weighted by Crippen LogP contribution is -2.28. The largest absolute Gasteiger partial charge is 0.456 e. The Morgan fingerprint density at radius 3 is 1.83 bits per heavy atom. The summed E-state index contributed by atoms with van der Waals surface area (Å²) in [5, 5.41) is 4.84. The molecule has 0 N–H and O–H groups in total. The summed E-state index contributed by atoms with van der Waals surface area (Å²) >= 11 is 1.87. The van der Waals surface area contributed by atoms with Crippen molar-refractivity contribution < 1.29 is 4.42 Å². The van der Waals surface area contributed by atoms with Gasteiger partial charge in [-0.05, 0) is 99.1 Å². The molecule has 11 aromatic rings. The van der Waals surface area contributed by atoms with E-state index in [0.29, 0.717) is 0 Å². The number of furan rings is 1. The number of para-hydroxylation sites is 1. The molecule has 2 aromatic heterocycles. The van der Waals surface area contributed by atoms with Gasteiger partial charge in [0.05, 0.1) is 15.8 Å². The highest BCUT2D eigenvalue weighted by Gasteiger charge is 2.46. The van der Waals surface area contributed by atoms with Crippen molar-refractivity contribution in [1.29, 1.82) is 0 Å². The summed E-state index contributed by atoms with van der Waals surface area (Å²) in [7, 11) is 0. The second kappa shape index (κ2) is 12.9. The molecule has 1 aliphatic carbocycles. The Kier molecular flexibility index (Phi) is 7.35. The first kappa shape index (κ1) is 33.0. The lowest BCUT2D eigenvalue weighted by Gasteiger charge is -2.34. The lowest BCUT2D eigenvalue weighted by atomic mass is 9.68. The number of hydrogen-bond donors (Lipinski definition) is 0. The number of thiophene rings is 1. The molecular formula is C55H35NOS. The predicted molar refractivity (Wildman–Crippen MR) is 244 cm³/mol. The van der Waals surface area contributed by atoms with Crippen molar-refractivity contribution in [2.75, 3.05) is 4.90 Å². The topological polar surface area (TPSA) is 16.4 Å². The van der Waals surface area contributed by atoms with E-state index in [2.05, 4.69) is 205 Å². The molecule has 9 aromatic carbocycles. The Morgan fingerprint density at radius 1 is 0.397 bits per heavy atom. The van der Waals surface area contributed by atoms with Crippen LogP contribution in [0.1, 0.15) is 22.3 Å². The van der Waals surface area contributed by atoms with E-state index in [1.807, 2.05) is 23.5 Å². The van der Waals surface area contributed by atoms with Gasteiger partial charge < -0.3 is 9.32 Å². The van der Waals surface area contributed by atoms with Gasteiger partial charge in [0.1, 0.15) is 11.2 Å². The Hall–Kier alpha value is -7.20. The van der Waals surface area contributed by atoms with Crippen LogP contribution in [0, 0.1) is 0 Å². The van der Waals surface area contributed by atoms with Crippen molar-refractivity contribution in [3.8, 4) is 22.3 Å². The van der Waals surface area contributed by atoms with E-state index >= 15 is 0 Å². The number of hydrogen-bond acceptors (Lipinski definition) is 3. The fourth-order valence-electron chi connectivity index (χ4n) is 9.62. The van der Waals surface area contributed by atoms with E-state index in [0.717, 1.165) is 44.4 Å². The Morgan fingerprint density at radius 2 is 1.02 bits per heavy atom. The quantitative estimate of drug-likeness (QED) is 0.168. The molecule has 0 saturated carbocycles. The monoisotopic (exact) mass is 757 g/mol. The molecule has 2 heterocycles. The molecule has 0 spiro atoms. The maximum absolute atomic E-state index is 6.16. The van der Waals surface area contributed by atoms with E-state index in [-0.39, 0.29) is 0 Å². The van der Waals surface area contributed by atoms with E-state index in [9.17, 15) is 0 Å². The fraction of sp³-hybridized carbons (Fsp3) is 0.0182. The molecule has 0 atom stereocenters. The van der Waals surface area contributed by atoms with Crippen LogP contribution in [0.15, 0.2) is 217 Å². The average Bonchev–Trinajstić information content (AvgIpc) is 3.96. The van der Waals surface area contributed by atoms with Gasteiger partial charge >= 0.3 is 0 Å². The molecule has 272 valence electrons. The number of anilines is 3. The SMILES string of the molecule is c1ccc(C2(c3ccccc3)c3ccccc3-c3cc(N(c4ccc(-c5ccc6oc7ccccc7c6c5)cc4)c4cccc5c4sc4ccccc45)ccc32)cc1. The molecule has 3 heteroatoms. The van der Waals surface area contributed by atoms with Crippen molar-refractivity contribution in [3.05, 3.63) is 235 Å². The van der Waals surface area contributed by atoms with Crippen LogP contribution in [0.3, 0.4) is 0 Å². The summed E-state index contributed by atoms with van der Waals surface area (Å²) in [5.41, 5.74) is 14.8. The highest BCUT2D eigenvalue weighted by molar-refractivity contribution is 7.26. The third-order valence-electron chi connectivity index (χ3n) is 12.2. The molecule has 1 aliphatic rings. The lowest BCUT2D eigenvalue weighted by molar-refractivity contribution is 0.669.